The lowest BCUT2D eigenvalue weighted by molar-refractivity contribution is 0.0988. The Balaban J connectivity index is 3.04. The van der Waals surface area contributed by atoms with E-state index in [9.17, 15) is 4.79 Å². The molecule has 0 spiro atoms. The van der Waals surface area contributed by atoms with Crippen LogP contribution in [0.15, 0.2) is 24.3 Å². The molecule has 0 radical (unpaired) electrons. The predicted octanol–water partition coefficient (Wildman–Crippen LogP) is 3.93. The Bertz CT molecular complexity index is 429. The summed E-state index contributed by atoms with van der Waals surface area (Å²) in [5.74, 6) is 0.776. The minimum atomic E-state index is 0.159. The van der Waals surface area contributed by atoms with Gasteiger partial charge in [-0.25, -0.2) is 0 Å². The van der Waals surface area contributed by atoms with Crippen molar-refractivity contribution in [2.45, 2.75) is 39.5 Å². The maximum absolute atomic E-state index is 11.7. The molecule has 1 rings (SSSR count). The summed E-state index contributed by atoms with van der Waals surface area (Å²) >= 11 is 0. The SMILES string of the molecule is CCC(=O)c1cccc(C(CC#N)C(C)C)c1. The first kappa shape index (κ1) is 13.4. The van der Waals surface area contributed by atoms with Gasteiger partial charge in [0, 0.05) is 18.4 Å². The molecular formula is C15H19NO. The third-order valence-corrected chi connectivity index (χ3v) is 3.07. The van der Waals surface area contributed by atoms with Crippen molar-refractivity contribution in [2.24, 2.45) is 5.92 Å². The zero-order valence-corrected chi connectivity index (χ0v) is 10.7. The summed E-state index contributed by atoms with van der Waals surface area (Å²) in [7, 11) is 0. The monoisotopic (exact) mass is 229 g/mol. The second-order valence-electron chi connectivity index (χ2n) is 4.61. The summed E-state index contributed by atoms with van der Waals surface area (Å²) in [5, 5.41) is 8.85. The van der Waals surface area contributed by atoms with Crippen molar-refractivity contribution < 1.29 is 4.79 Å². The van der Waals surface area contributed by atoms with Crippen LogP contribution in [0.4, 0.5) is 0 Å². The highest BCUT2D eigenvalue weighted by molar-refractivity contribution is 5.96. The summed E-state index contributed by atoms with van der Waals surface area (Å²) in [6, 6.07) is 9.93. The zero-order valence-electron chi connectivity index (χ0n) is 10.7. The van der Waals surface area contributed by atoms with Crippen LogP contribution in [0.1, 0.15) is 55.5 Å². The molecule has 1 aromatic rings. The van der Waals surface area contributed by atoms with E-state index in [0.29, 0.717) is 18.8 Å². The Hall–Kier alpha value is -1.62. The standard InChI is InChI=1S/C15H19NO/c1-4-15(17)13-7-5-6-12(10-13)14(8-9-16)11(2)3/h5-7,10-11,14H,4,8H2,1-3H3. The lowest BCUT2D eigenvalue weighted by Gasteiger charge is -2.18. The molecule has 1 unspecified atom stereocenters. The van der Waals surface area contributed by atoms with Crippen LogP contribution in [0, 0.1) is 17.2 Å². The van der Waals surface area contributed by atoms with Gasteiger partial charge in [0.2, 0.25) is 0 Å². The lowest BCUT2D eigenvalue weighted by Crippen LogP contribution is -2.07. The van der Waals surface area contributed by atoms with Gasteiger partial charge in [0.25, 0.3) is 0 Å². The first-order valence-corrected chi connectivity index (χ1v) is 6.10. The molecule has 0 saturated heterocycles. The quantitative estimate of drug-likeness (QED) is 0.718. The van der Waals surface area contributed by atoms with Crippen molar-refractivity contribution in [1.82, 2.24) is 0 Å². The van der Waals surface area contributed by atoms with E-state index in [-0.39, 0.29) is 11.7 Å². The van der Waals surface area contributed by atoms with Crippen LogP contribution in [0.2, 0.25) is 0 Å². The minimum Gasteiger partial charge on any atom is -0.294 e. The molecule has 0 aliphatic carbocycles. The highest BCUT2D eigenvalue weighted by Crippen LogP contribution is 2.28. The van der Waals surface area contributed by atoms with E-state index in [2.05, 4.69) is 19.9 Å². The third kappa shape index (κ3) is 3.42. The Morgan fingerprint density at radius 2 is 2.12 bits per heavy atom. The number of carbonyl (C=O) groups is 1. The van der Waals surface area contributed by atoms with Crippen molar-refractivity contribution in [3.63, 3.8) is 0 Å². The van der Waals surface area contributed by atoms with E-state index < -0.39 is 0 Å². The number of nitriles is 1. The number of ketones is 1. The van der Waals surface area contributed by atoms with Crippen LogP contribution in [0.25, 0.3) is 0 Å². The molecule has 1 aromatic carbocycles. The van der Waals surface area contributed by atoms with Gasteiger partial charge < -0.3 is 0 Å². The number of nitrogens with zero attached hydrogens (tertiary/aromatic N) is 1. The maximum atomic E-state index is 11.7. The summed E-state index contributed by atoms with van der Waals surface area (Å²) in [4.78, 5) is 11.7. The van der Waals surface area contributed by atoms with Gasteiger partial charge in [-0.15, -0.1) is 0 Å². The van der Waals surface area contributed by atoms with Gasteiger partial charge >= 0.3 is 0 Å². The first-order valence-electron chi connectivity index (χ1n) is 6.10. The Labute approximate surface area is 103 Å². The highest BCUT2D eigenvalue weighted by atomic mass is 16.1. The van der Waals surface area contributed by atoms with E-state index in [0.717, 1.165) is 11.1 Å². The summed E-state index contributed by atoms with van der Waals surface area (Å²) < 4.78 is 0. The third-order valence-electron chi connectivity index (χ3n) is 3.07. The molecule has 0 bridgehead atoms. The van der Waals surface area contributed by atoms with E-state index in [4.69, 9.17) is 5.26 Å². The van der Waals surface area contributed by atoms with Gasteiger partial charge in [-0.3, -0.25) is 4.79 Å². The van der Waals surface area contributed by atoms with Crippen molar-refractivity contribution in [3.05, 3.63) is 35.4 Å². The van der Waals surface area contributed by atoms with Gasteiger partial charge in [0.15, 0.2) is 5.78 Å². The largest absolute Gasteiger partial charge is 0.294 e. The fourth-order valence-electron chi connectivity index (χ4n) is 1.98. The van der Waals surface area contributed by atoms with E-state index >= 15 is 0 Å². The van der Waals surface area contributed by atoms with Crippen molar-refractivity contribution in [1.29, 1.82) is 5.26 Å². The molecule has 0 aliphatic rings. The minimum absolute atomic E-state index is 0.159. The zero-order chi connectivity index (χ0) is 12.8. The average molecular weight is 229 g/mol. The van der Waals surface area contributed by atoms with Crippen LogP contribution >= 0.6 is 0 Å². The topological polar surface area (TPSA) is 40.9 Å². The molecule has 0 fully saturated rings. The Morgan fingerprint density at radius 1 is 1.41 bits per heavy atom. The van der Waals surface area contributed by atoms with Gasteiger partial charge in [0.1, 0.15) is 0 Å². The fraction of sp³-hybridized carbons (Fsp3) is 0.467. The highest BCUT2D eigenvalue weighted by Gasteiger charge is 2.16. The van der Waals surface area contributed by atoms with E-state index in [1.807, 2.05) is 31.2 Å². The van der Waals surface area contributed by atoms with Gasteiger partial charge in [-0.2, -0.15) is 5.26 Å². The molecule has 1 atom stereocenters. The van der Waals surface area contributed by atoms with Crippen LogP contribution < -0.4 is 0 Å². The molecule has 17 heavy (non-hydrogen) atoms. The number of rotatable bonds is 5. The molecule has 0 amide bonds. The normalized spacial score (nSPS) is 12.2. The number of benzene rings is 1. The Morgan fingerprint density at radius 3 is 2.65 bits per heavy atom. The van der Waals surface area contributed by atoms with Crippen LogP contribution in [-0.2, 0) is 0 Å². The molecule has 0 N–H and O–H groups in total. The van der Waals surface area contributed by atoms with E-state index in [1.165, 1.54) is 0 Å². The molecule has 90 valence electrons. The lowest BCUT2D eigenvalue weighted by atomic mass is 9.85. The van der Waals surface area contributed by atoms with Crippen LogP contribution in [0.5, 0.6) is 0 Å². The number of hydrogen-bond donors (Lipinski definition) is 0. The Kier molecular flexibility index (Phi) is 4.90. The summed E-state index contributed by atoms with van der Waals surface area (Å²) in [6.45, 7) is 6.08. The van der Waals surface area contributed by atoms with Crippen molar-refractivity contribution in [2.75, 3.05) is 0 Å². The van der Waals surface area contributed by atoms with Gasteiger partial charge in [0.05, 0.1) is 6.07 Å². The number of Topliss-reactive ketones (excluding diaryl/α,β-unsaturated/α-hetero) is 1. The van der Waals surface area contributed by atoms with Gasteiger partial charge in [-0.05, 0) is 23.5 Å². The molecule has 0 heterocycles. The average Bonchev–Trinajstić information content (AvgIpc) is 2.34. The molecule has 2 nitrogen and oxygen atoms in total. The van der Waals surface area contributed by atoms with Gasteiger partial charge in [-0.1, -0.05) is 39.0 Å². The summed E-state index contributed by atoms with van der Waals surface area (Å²) in [5.41, 5.74) is 1.86. The second-order valence-corrected chi connectivity index (χ2v) is 4.61. The molecule has 0 saturated carbocycles. The fourth-order valence-corrected chi connectivity index (χ4v) is 1.98. The van der Waals surface area contributed by atoms with Crippen molar-refractivity contribution in [3.8, 4) is 6.07 Å². The molecule has 0 aromatic heterocycles. The smallest absolute Gasteiger partial charge is 0.162 e. The number of carbonyl (C=O) groups excluding carboxylic acids is 1. The number of hydrogen-bond acceptors (Lipinski definition) is 2. The van der Waals surface area contributed by atoms with E-state index in [1.54, 1.807) is 0 Å². The predicted molar refractivity (Wildman–Crippen MR) is 68.9 cm³/mol. The summed E-state index contributed by atoms with van der Waals surface area (Å²) in [6.07, 6.45) is 1.02. The second kappa shape index (κ2) is 6.20. The van der Waals surface area contributed by atoms with Crippen LogP contribution in [0.3, 0.4) is 0 Å². The molecule has 2 heteroatoms. The van der Waals surface area contributed by atoms with Crippen molar-refractivity contribution >= 4 is 5.78 Å². The molecular weight excluding hydrogens is 210 g/mol. The first-order chi connectivity index (χ1) is 8.10. The molecule has 0 aliphatic heterocycles. The van der Waals surface area contributed by atoms with Crippen LogP contribution in [-0.4, -0.2) is 5.78 Å². The maximum Gasteiger partial charge on any atom is 0.162 e.